The third-order valence-electron chi connectivity index (χ3n) is 6.79. The number of hydrogen-bond acceptors (Lipinski definition) is 6. The number of hydrogen-bond donors (Lipinski definition) is 1. The van der Waals surface area contributed by atoms with Gasteiger partial charge >= 0.3 is 0 Å². The predicted molar refractivity (Wildman–Crippen MR) is 142 cm³/mol. The van der Waals surface area contributed by atoms with E-state index in [1.54, 1.807) is 44.8 Å². The van der Waals surface area contributed by atoms with Gasteiger partial charge in [-0.25, -0.2) is 4.98 Å². The lowest BCUT2D eigenvalue weighted by Gasteiger charge is -2.19. The highest BCUT2D eigenvalue weighted by Gasteiger charge is 2.32. The number of nitrogens with zero attached hydrogens (tertiary/aromatic N) is 4. The molecule has 1 aliphatic rings. The minimum absolute atomic E-state index is 0.0870. The second-order valence-corrected chi connectivity index (χ2v) is 9.00. The predicted octanol–water partition coefficient (Wildman–Crippen LogP) is 5.12. The van der Waals surface area contributed by atoms with Crippen LogP contribution in [-0.2, 0) is 11.2 Å². The first-order valence-corrected chi connectivity index (χ1v) is 12.0. The van der Waals surface area contributed by atoms with Crippen LogP contribution in [0.1, 0.15) is 46.1 Å². The van der Waals surface area contributed by atoms with Gasteiger partial charge in [0.25, 0.3) is 0 Å². The summed E-state index contributed by atoms with van der Waals surface area (Å²) >= 11 is 0. The van der Waals surface area contributed by atoms with Crippen molar-refractivity contribution < 1.29 is 14.3 Å². The van der Waals surface area contributed by atoms with Crippen LogP contribution in [0.2, 0.25) is 0 Å². The Balaban J connectivity index is 1.68. The van der Waals surface area contributed by atoms with E-state index in [0.717, 1.165) is 52.0 Å². The molecule has 8 nitrogen and oxygen atoms in total. The number of pyridine rings is 2. The number of fused-ring (bicyclic) bond motifs is 2. The Bertz CT molecular complexity index is 1580. The lowest BCUT2D eigenvalue weighted by atomic mass is 10.1. The van der Waals surface area contributed by atoms with E-state index in [4.69, 9.17) is 14.5 Å². The van der Waals surface area contributed by atoms with Gasteiger partial charge in [0.05, 0.1) is 31.5 Å². The Kier molecular flexibility index (Phi) is 6.36. The molecular weight excluding hydrogens is 466 g/mol. The molecule has 1 unspecified atom stereocenters. The summed E-state index contributed by atoms with van der Waals surface area (Å²) in [6.07, 6.45) is 7.98. The lowest BCUT2D eigenvalue weighted by Crippen LogP contribution is -2.12. The molecule has 186 valence electrons. The monoisotopic (exact) mass is 493 g/mol. The van der Waals surface area contributed by atoms with E-state index < -0.39 is 0 Å². The van der Waals surface area contributed by atoms with Crippen molar-refractivity contribution in [3.63, 3.8) is 0 Å². The molecule has 0 aliphatic heterocycles. The number of benzene rings is 1. The number of rotatable bonds is 6. The number of methoxy groups -OCH3 is 2. The van der Waals surface area contributed by atoms with Crippen LogP contribution in [0.3, 0.4) is 0 Å². The largest absolute Gasteiger partial charge is 0.493 e. The number of nitrogens with one attached hydrogen (secondary N) is 1. The molecule has 0 radical (unpaired) electrons. The van der Waals surface area contributed by atoms with E-state index in [1.807, 2.05) is 26.0 Å². The zero-order valence-corrected chi connectivity index (χ0v) is 21.2. The van der Waals surface area contributed by atoms with Gasteiger partial charge in [-0.2, -0.15) is 5.26 Å². The maximum atomic E-state index is 12.8. The van der Waals surface area contributed by atoms with Gasteiger partial charge in [0, 0.05) is 40.8 Å². The van der Waals surface area contributed by atoms with Crippen LogP contribution >= 0.6 is 0 Å². The molecule has 37 heavy (non-hydrogen) atoms. The van der Waals surface area contributed by atoms with Crippen LogP contribution in [0.15, 0.2) is 48.8 Å². The van der Waals surface area contributed by atoms with Crippen molar-refractivity contribution in [1.82, 2.24) is 14.5 Å². The fourth-order valence-corrected chi connectivity index (χ4v) is 5.31. The zero-order chi connectivity index (χ0) is 26.1. The molecule has 1 atom stereocenters. The molecule has 1 aliphatic carbocycles. The van der Waals surface area contributed by atoms with E-state index in [-0.39, 0.29) is 11.9 Å². The first kappa shape index (κ1) is 24.1. The van der Waals surface area contributed by atoms with Gasteiger partial charge in [-0.1, -0.05) is 6.07 Å². The summed E-state index contributed by atoms with van der Waals surface area (Å²) in [5.74, 6) is 1.12. The summed E-state index contributed by atoms with van der Waals surface area (Å²) in [7, 11) is 3.28. The standard InChI is InChI=1S/C29H27N5O3/c1-17-15-18(2)32-29-27(17)22(16-30)24(8-10-26(35)33-19-11-13-31-14-12-19)34(29)23-7-5-21-20(23)6-9-25(36-3)28(21)37-4/h6,8-15,23H,5,7H2,1-4H3,(H,31,33,35). The van der Waals surface area contributed by atoms with Crippen LogP contribution < -0.4 is 14.8 Å². The number of aryl methyl sites for hydroxylation is 2. The number of carbonyl (C=O) groups excluding carboxylic acids is 1. The van der Waals surface area contributed by atoms with Crippen molar-refractivity contribution in [3.8, 4) is 17.6 Å². The molecule has 5 rings (SSSR count). The molecule has 1 N–H and O–H groups in total. The minimum atomic E-state index is -0.300. The molecule has 3 aromatic heterocycles. The van der Waals surface area contributed by atoms with Crippen molar-refractivity contribution in [3.05, 3.63) is 82.4 Å². The first-order valence-electron chi connectivity index (χ1n) is 12.0. The average Bonchev–Trinajstić information content (AvgIpc) is 3.45. The van der Waals surface area contributed by atoms with E-state index in [0.29, 0.717) is 22.7 Å². The highest BCUT2D eigenvalue weighted by molar-refractivity contribution is 6.03. The Morgan fingerprint density at radius 1 is 1.19 bits per heavy atom. The summed E-state index contributed by atoms with van der Waals surface area (Å²) in [5, 5.41) is 13.9. The highest BCUT2D eigenvalue weighted by Crippen LogP contribution is 2.46. The fourth-order valence-electron chi connectivity index (χ4n) is 5.31. The molecule has 3 heterocycles. The van der Waals surface area contributed by atoms with E-state index in [1.165, 1.54) is 6.08 Å². The molecule has 0 spiro atoms. The summed E-state index contributed by atoms with van der Waals surface area (Å²) in [6.45, 7) is 3.94. The van der Waals surface area contributed by atoms with Crippen molar-refractivity contribution >= 4 is 28.7 Å². The smallest absolute Gasteiger partial charge is 0.248 e. The Morgan fingerprint density at radius 3 is 2.68 bits per heavy atom. The lowest BCUT2D eigenvalue weighted by molar-refractivity contribution is -0.111. The summed E-state index contributed by atoms with van der Waals surface area (Å²) < 4.78 is 13.3. The molecule has 0 saturated heterocycles. The number of amides is 1. The third kappa shape index (κ3) is 4.19. The summed E-state index contributed by atoms with van der Waals surface area (Å²) in [4.78, 5) is 21.6. The van der Waals surface area contributed by atoms with Gasteiger partial charge in [0.2, 0.25) is 5.91 Å². The number of aromatic nitrogens is 3. The van der Waals surface area contributed by atoms with Crippen LogP contribution in [0.5, 0.6) is 11.5 Å². The summed E-state index contributed by atoms with van der Waals surface area (Å²) in [6, 6.07) is 11.7. The number of ether oxygens (including phenoxy) is 2. The van der Waals surface area contributed by atoms with E-state index in [2.05, 4.69) is 27.0 Å². The van der Waals surface area contributed by atoms with Gasteiger partial charge < -0.3 is 19.4 Å². The van der Waals surface area contributed by atoms with Crippen LogP contribution in [-0.4, -0.2) is 34.7 Å². The SMILES string of the molecule is COc1ccc2c(c1OC)CCC2n1c(C=CC(=O)Nc2ccncc2)c(C#N)c2c(C)cc(C)nc21. The van der Waals surface area contributed by atoms with Crippen molar-refractivity contribution in [1.29, 1.82) is 5.26 Å². The average molecular weight is 494 g/mol. The zero-order valence-electron chi connectivity index (χ0n) is 21.2. The molecule has 0 saturated carbocycles. The quantitative estimate of drug-likeness (QED) is 0.374. The highest BCUT2D eigenvalue weighted by atomic mass is 16.5. The van der Waals surface area contributed by atoms with E-state index >= 15 is 0 Å². The van der Waals surface area contributed by atoms with Crippen molar-refractivity contribution in [2.24, 2.45) is 0 Å². The summed E-state index contributed by atoms with van der Waals surface area (Å²) in [5.41, 5.74) is 6.54. The molecular formula is C29H27N5O3. The Morgan fingerprint density at radius 2 is 1.97 bits per heavy atom. The number of anilines is 1. The molecule has 0 bridgehead atoms. The minimum Gasteiger partial charge on any atom is -0.493 e. The maximum Gasteiger partial charge on any atom is 0.248 e. The van der Waals surface area contributed by atoms with Crippen molar-refractivity contribution in [2.45, 2.75) is 32.7 Å². The topological polar surface area (TPSA) is 102 Å². The number of nitriles is 1. The molecule has 8 heteroatoms. The molecule has 1 amide bonds. The number of carbonyl (C=O) groups is 1. The normalized spacial score (nSPS) is 14.5. The fraction of sp³-hybridized carbons (Fsp3) is 0.241. The second kappa shape index (κ2) is 9.78. The van der Waals surface area contributed by atoms with Gasteiger partial charge in [0.15, 0.2) is 11.5 Å². The molecule has 4 aromatic rings. The first-order chi connectivity index (χ1) is 18.0. The van der Waals surface area contributed by atoms with Crippen LogP contribution in [0.25, 0.3) is 17.1 Å². The van der Waals surface area contributed by atoms with Crippen LogP contribution in [0, 0.1) is 25.2 Å². The maximum absolute atomic E-state index is 12.8. The molecule has 0 fully saturated rings. The van der Waals surface area contributed by atoms with Gasteiger partial charge in [0.1, 0.15) is 11.7 Å². The Labute approximate surface area is 215 Å². The molecule has 1 aromatic carbocycles. The third-order valence-corrected chi connectivity index (χ3v) is 6.79. The van der Waals surface area contributed by atoms with Gasteiger partial charge in [-0.15, -0.1) is 0 Å². The van der Waals surface area contributed by atoms with Crippen molar-refractivity contribution in [2.75, 3.05) is 19.5 Å². The van der Waals surface area contributed by atoms with Crippen LogP contribution in [0.4, 0.5) is 5.69 Å². The van der Waals surface area contributed by atoms with E-state index in [9.17, 15) is 10.1 Å². The van der Waals surface area contributed by atoms with Gasteiger partial charge in [-0.3, -0.25) is 9.78 Å². The second-order valence-electron chi connectivity index (χ2n) is 9.00. The Hall–Kier alpha value is -4.64. The van der Waals surface area contributed by atoms with Gasteiger partial charge in [-0.05, 0) is 68.2 Å².